The fourth-order valence-corrected chi connectivity index (χ4v) is 7.15. The summed E-state index contributed by atoms with van der Waals surface area (Å²) in [5.74, 6) is 2.65. The van der Waals surface area contributed by atoms with Crippen LogP contribution in [0.1, 0.15) is 0 Å². The molecule has 0 unspecified atom stereocenters. The van der Waals surface area contributed by atoms with Crippen molar-refractivity contribution in [2.24, 2.45) is 0 Å². The van der Waals surface area contributed by atoms with Crippen molar-refractivity contribution in [3.63, 3.8) is 0 Å². The Bertz CT molecular complexity index is 2810. The van der Waals surface area contributed by atoms with Crippen LogP contribution in [0.2, 0.25) is 0 Å². The number of para-hydroxylation sites is 2. The fourth-order valence-electron chi connectivity index (χ4n) is 6.96. The summed E-state index contributed by atoms with van der Waals surface area (Å²) in [6.07, 6.45) is 0. The first kappa shape index (κ1) is 28.5. The molecule has 10 rings (SSSR count). The van der Waals surface area contributed by atoms with Crippen LogP contribution >= 0.6 is 12.6 Å². The van der Waals surface area contributed by atoms with Gasteiger partial charge in [-0.05, 0) is 48.5 Å². The largest absolute Gasteiger partial charge is 0.294 e. The lowest BCUT2D eigenvalue weighted by molar-refractivity contribution is 1.07. The SMILES string of the molecule is Sc1ccc2c(c1)nc1n(-c3cccc(-c4nc(-c5ccccc5)nc(-c5ccccc5)n4)c3)c3c4ccccc4n(-c4ccccc4)c3n21. The lowest BCUT2D eigenvalue weighted by Gasteiger charge is -2.10. The average Bonchev–Trinajstić information content (AvgIpc) is 3.81. The number of fused-ring (bicyclic) bond motifs is 7. The van der Waals surface area contributed by atoms with Crippen molar-refractivity contribution in [3.05, 3.63) is 158 Å². The van der Waals surface area contributed by atoms with E-state index in [1.54, 1.807) is 0 Å². The Hall–Kier alpha value is -6.51. The zero-order valence-corrected chi connectivity index (χ0v) is 27.5. The molecule has 0 saturated carbocycles. The molecule has 0 aliphatic rings. The zero-order valence-electron chi connectivity index (χ0n) is 26.6. The molecule has 8 heteroatoms. The van der Waals surface area contributed by atoms with Crippen molar-refractivity contribution in [1.82, 2.24) is 33.5 Å². The van der Waals surface area contributed by atoms with Gasteiger partial charge in [0, 0.05) is 38.3 Å². The lowest BCUT2D eigenvalue weighted by atomic mass is 10.1. The smallest absolute Gasteiger partial charge is 0.221 e. The highest BCUT2D eigenvalue weighted by molar-refractivity contribution is 7.80. The molecule has 10 aromatic rings. The molecule has 0 fully saturated rings. The van der Waals surface area contributed by atoms with E-state index in [9.17, 15) is 0 Å². The highest BCUT2D eigenvalue weighted by Gasteiger charge is 2.25. The van der Waals surface area contributed by atoms with Gasteiger partial charge in [-0.2, -0.15) is 0 Å². The van der Waals surface area contributed by atoms with E-state index >= 15 is 0 Å². The van der Waals surface area contributed by atoms with Gasteiger partial charge in [0.05, 0.1) is 16.6 Å². The summed E-state index contributed by atoms with van der Waals surface area (Å²) in [6.45, 7) is 0. The molecule has 0 saturated heterocycles. The summed E-state index contributed by atoms with van der Waals surface area (Å²) in [5, 5.41) is 1.12. The van der Waals surface area contributed by atoms with E-state index in [0.717, 1.165) is 71.8 Å². The predicted octanol–water partition coefficient (Wildman–Crippen LogP) is 9.85. The van der Waals surface area contributed by atoms with E-state index in [2.05, 4.69) is 105 Å². The molecule has 6 aromatic carbocycles. The molecule has 236 valence electrons. The normalized spacial score (nSPS) is 11.7. The van der Waals surface area contributed by atoms with E-state index in [4.69, 9.17) is 19.9 Å². The number of rotatable bonds is 5. The van der Waals surface area contributed by atoms with Crippen LogP contribution in [0.3, 0.4) is 0 Å². The molecule has 4 heterocycles. The van der Waals surface area contributed by atoms with Gasteiger partial charge in [-0.25, -0.2) is 19.9 Å². The number of aromatic nitrogens is 7. The molecule has 0 aliphatic heterocycles. The van der Waals surface area contributed by atoms with E-state index in [0.29, 0.717) is 17.5 Å². The molecule has 0 aliphatic carbocycles. The van der Waals surface area contributed by atoms with E-state index < -0.39 is 0 Å². The number of benzene rings is 6. The molecule has 0 bridgehead atoms. The maximum Gasteiger partial charge on any atom is 0.221 e. The van der Waals surface area contributed by atoms with Gasteiger partial charge in [0.15, 0.2) is 23.1 Å². The molecular weight excluding hydrogens is 635 g/mol. The van der Waals surface area contributed by atoms with Gasteiger partial charge < -0.3 is 0 Å². The fraction of sp³-hybridized carbons (Fsp3) is 0. The van der Waals surface area contributed by atoms with Crippen molar-refractivity contribution in [2.45, 2.75) is 4.90 Å². The molecule has 0 atom stereocenters. The van der Waals surface area contributed by atoms with Gasteiger partial charge in [-0.15, -0.1) is 12.6 Å². The van der Waals surface area contributed by atoms with Gasteiger partial charge in [0.1, 0.15) is 5.52 Å². The van der Waals surface area contributed by atoms with E-state index in [-0.39, 0.29) is 0 Å². The summed E-state index contributed by atoms with van der Waals surface area (Å²) in [4.78, 5) is 21.0. The second kappa shape index (κ2) is 11.3. The minimum absolute atomic E-state index is 0.596. The van der Waals surface area contributed by atoms with Gasteiger partial charge in [-0.3, -0.25) is 13.5 Å². The van der Waals surface area contributed by atoms with Crippen LogP contribution in [-0.4, -0.2) is 33.5 Å². The first-order chi connectivity index (χ1) is 24.7. The minimum atomic E-state index is 0.596. The Balaban J connectivity index is 1.27. The van der Waals surface area contributed by atoms with Crippen LogP contribution in [0, 0.1) is 0 Å². The molecule has 7 nitrogen and oxygen atoms in total. The van der Waals surface area contributed by atoms with Crippen molar-refractivity contribution in [3.8, 4) is 45.5 Å². The summed E-state index contributed by atoms with van der Waals surface area (Å²) >= 11 is 4.65. The average molecular weight is 662 g/mol. The third kappa shape index (κ3) is 4.46. The number of nitrogens with zero attached hydrogens (tertiary/aromatic N) is 7. The van der Waals surface area contributed by atoms with E-state index in [1.807, 2.05) is 78.9 Å². The van der Waals surface area contributed by atoms with Crippen LogP contribution in [0.15, 0.2) is 163 Å². The monoisotopic (exact) mass is 661 g/mol. The highest BCUT2D eigenvalue weighted by Crippen LogP contribution is 2.39. The summed E-state index contributed by atoms with van der Waals surface area (Å²) < 4.78 is 6.86. The Kier molecular flexibility index (Phi) is 6.43. The van der Waals surface area contributed by atoms with Crippen molar-refractivity contribution in [2.75, 3.05) is 0 Å². The standard InChI is InChI=1S/C42H27N7S/c50-32-23-24-36-34(26-32)43-42-48(37-33-21-10-11-22-35(33)47(41(37)49(36)42)30-18-8-3-9-19-30)31-20-12-17-29(25-31)40-45-38(27-13-4-1-5-14-27)44-39(46-40)28-15-6-2-7-16-28/h1-26,50H. The summed E-state index contributed by atoms with van der Waals surface area (Å²) in [7, 11) is 0. The van der Waals surface area contributed by atoms with Crippen LogP contribution in [0.4, 0.5) is 0 Å². The van der Waals surface area contributed by atoms with Crippen LogP contribution in [0.25, 0.3) is 84.4 Å². The lowest BCUT2D eigenvalue weighted by Crippen LogP contribution is -2.01. The van der Waals surface area contributed by atoms with Gasteiger partial charge in [0.25, 0.3) is 0 Å². The number of hydrogen-bond donors (Lipinski definition) is 1. The number of imidazole rings is 2. The van der Waals surface area contributed by atoms with Crippen molar-refractivity contribution >= 4 is 51.5 Å². The molecule has 0 spiro atoms. The molecule has 0 radical (unpaired) electrons. The molecule has 4 aromatic heterocycles. The number of hydrogen-bond acceptors (Lipinski definition) is 5. The minimum Gasteiger partial charge on any atom is -0.294 e. The maximum atomic E-state index is 5.24. The van der Waals surface area contributed by atoms with Gasteiger partial charge in [-0.1, -0.05) is 109 Å². The third-order valence-corrected chi connectivity index (χ3v) is 9.43. The molecule has 0 N–H and O–H groups in total. The molecular formula is C42H27N7S. The molecule has 0 amide bonds. The Labute approximate surface area is 292 Å². The van der Waals surface area contributed by atoms with Crippen molar-refractivity contribution in [1.29, 1.82) is 0 Å². The van der Waals surface area contributed by atoms with Crippen molar-refractivity contribution < 1.29 is 0 Å². The van der Waals surface area contributed by atoms with Gasteiger partial charge >= 0.3 is 0 Å². The highest BCUT2D eigenvalue weighted by atomic mass is 32.1. The predicted molar refractivity (Wildman–Crippen MR) is 203 cm³/mol. The van der Waals surface area contributed by atoms with Crippen LogP contribution < -0.4 is 0 Å². The first-order valence-electron chi connectivity index (χ1n) is 16.4. The quantitative estimate of drug-likeness (QED) is 0.187. The Morgan fingerprint density at radius 1 is 0.440 bits per heavy atom. The second-order valence-corrected chi connectivity index (χ2v) is 12.7. The summed E-state index contributed by atoms with van der Waals surface area (Å²) in [6, 6.07) is 53.7. The zero-order chi connectivity index (χ0) is 33.2. The Morgan fingerprint density at radius 2 is 1.02 bits per heavy atom. The van der Waals surface area contributed by atoms with Crippen LogP contribution in [0.5, 0.6) is 0 Å². The van der Waals surface area contributed by atoms with Crippen LogP contribution in [-0.2, 0) is 0 Å². The summed E-state index contributed by atoms with van der Waals surface area (Å²) in [5.41, 5.74) is 9.85. The molecule has 50 heavy (non-hydrogen) atoms. The van der Waals surface area contributed by atoms with Gasteiger partial charge in [0.2, 0.25) is 5.78 Å². The Morgan fingerprint density at radius 3 is 1.72 bits per heavy atom. The first-order valence-corrected chi connectivity index (χ1v) is 16.8. The maximum absolute atomic E-state index is 5.24. The third-order valence-electron chi connectivity index (χ3n) is 9.16. The second-order valence-electron chi connectivity index (χ2n) is 12.2. The topological polar surface area (TPSA) is 65.8 Å². The van der Waals surface area contributed by atoms with E-state index in [1.165, 1.54) is 0 Å². The number of thiol groups is 1.